The largest absolute Gasteiger partial charge is 0.454 e. The van der Waals surface area contributed by atoms with Gasteiger partial charge in [-0.1, -0.05) is 44.7 Å². The van der Waals surface area contributed by atoms with Crippen LogP contribution in [0.1, 0.15) is 18.9 Å². The number of aromatic nitrogens is 30. The van der Waals surface area contributed by atoms with Crippen molar-refractivity contribution in [1.82, 2.24) is 151 Å². The van der Waals surface area contributed by atoms with Gasteiger partial charge in [0.25, 0.3) is 0 Å². The van der Waals surface area contributed by atoms with Gasteiger partial charge in [0.2, 0.25) is 42.7 Å². The van der Waals surface area contributed by atoms with Crippen LogP contribution in [0.4, 0.5) is 0 Å². The number of fused-ring (bicyclic) bond motifs is 5. The maximum atomic E-state index is 11.1. The highest BCUT2D eigenvalue weighted by Crippen LogP contribution is 2.40. The maximum absolute atomic E-state index is 11.1. The zero-order chi connectivity index (χ0) is 74.4. The van der Waals surface area contributed by atoms with Crippen molar-refractivity contribution in [1.29, 1.82) is 0 Å². The van der Waals surface area contributed by atoms with Crippen molar-refractivity contribution in [2.45, 2.75) is 18.9 Å². The summed E-state index contributed by atoms with van der Waals surface area (Å²) in [6.07, 6.45) is 17.8. The van der Waals surface area contributed by atoms with Gasteiger partial charge in [0, 0.05) is 58.0 Å². The van der Waals surface area contributed by atoms with Crippen LogP contribution < -0.4 is 36.2 Å². The average Bonchev–Trinajstić information content (AvgIpc) is 1.48. The third kappa shape index (κ3) is 14.8. The van der Waals surface area contributed by atoms with Crippen molar-refractivity contribution in [3.8, 4) is 137 Å². The second kappa shape index (κ2) is 29.9. The average molecular weight is 1510 g/mol. The molecule has 0 spiro atoms. The molecule has 110 heavy (non-hydrogen) atoms. The van der Waals surface area contributed by atoms with Crippen LogP contribution in [-0.2, 0) is 0 Å². The Kier molecular flexibility index (Phi) is 18.3. The van der Waals surface area contributed by atoms with Crippen LogP contribution in [-0.4, -0.2) is 165 Å². The lowest BCUT2D eigenvalue weighted by Crippen LogP contribution is -1.96. The van der Waals surface area contributed by atoms with Gasteiger partial charge in [0.15, 0.2) is 23.0 Å². The molecule has 1 saturated carbocycles. The van der Waals surface area contributed by atoms with Crippen molar-refractivity contribution < 1.29 is 32.5 Å². The number of halogens is 2. The molecule has 15 heterocycles. The molecule has 538 valence electrons. The first kappa shape index (κ1) is 67.6. The van der Waals surface area contributed by atoms with E-state index in [2.05, 4.69) is 177 Å². The molecule has 1 fully saturated rings. The fourth-order valence-corrected chi connectivity index (χ4v) is 11.6. The summed E-state index contributed by atoms with van der Waals surface area (Å²) < 4.78 is 36.8. The highest BCUT2D eigenvalue weighted by atomic mass is 35.5. The van der Waals surface area contributed by atoms with Gasteiger partial charge in [-0.2, -0.15) is 15.5 Å². The summed E-state index contributed by atoms with van der Waals surface area (Å²) in [7, 11) is 0. The molecule has 3 aliphatic rings. The summed E-state index contributed by atoms with van der Waals surface area (Å²) in [6.45, 7) is 0.463. The van der Waals surface area contributed by atoms with Crippen LogP contribution in [0.15, 0.2) is 200 Å². The molecule has 21 rings (SSSR count). The van der Waals surface area contributed by atoms with Crippen molar-refractivity contribution >= 4 is 56.2 Å². The summed E-state index contributed by atoms with van der Waals surface area (Å²) in [5, 5.41) is 44.8. The Labute approximate surface area is 619 Å². The maximum Gasteiger partial charge on any atom is 0.439 e. The molecule has 0 bridgehead atoms. The van der Waals surface area contributed by atoms with Crippen molar-refractivity contribution in [2.24, 2.45) is 0 Å². The summed E-state index contributed by atoms with van der Waals surface area (Å²) in [4.78, 5) is 99.2. The molecule has 42 heteroatoms. The van der Waals surface area contributed by atoms with Crippen molar-refractivity contribution in [3.05, 3.63) is 214 Å². The minimum atomic E-state index is -0.649. The van der Waals surface area contributed by atoms with Crippen LogP contribution >= 0.6 is 23.2 Å². The lowest BCUT2D eigenvalue weighted by Gasteiger charge is -2.05. The standard InChI is InChI=1S/C16H12N6O2.C14H7ClN6O2.C13H7ClN8.C13H8N4O4.C12H8N6O2/c23-16-20-15(21-24-16)13-6-12(17-8-18-13)9-1-4-14-10(5-9)7-19-22(14)11-2-3-11;15-8-3-7(4-10-12(8)17-2-1-16-10)9-5-11(19-6-18-9)13-20-14(22)23-21-13;14-8-3-7(4-10-12(8)16-2-1-15-10)9-5-11(18-6-17-9)13-19-21-22-20-13;18-13-16-12(17-21-13)9-4-8(14-5-15-9)7-1-2-10-11(3-7)20-6-19-10;1-2-10-11(20-6-19-10)3-7(1)8-4-9(14-5-13-8)12-15-17-18-16-12/h1,4-8,11H,2-3H2,(H,20,21,23);1-6H,(H,20,21,22);1-6H,(H,19,20,21,22);1-5H,6H2,(H,16,17,18);1-5H,6H2,(H,15,16,17,18). The number of tetrazole rings is 2. The number of nitrogens with one attached hydrogen (secondary N) is 5. The summed E-state index contributed by atoms with van der Waals surface area (Å²) in [5.74, 6) is 2.52. The number of rotatable bonds is 11. The van der Waals surface area contributed by atoms with E-state index >= 15 is 0 Å². The van der Waals surface area contributed by atoms with Crippen LogP contribution in [0, 0.1) is 0 Å². The van der Waals surface area contributed by atoms with Crippen LogP contribution in [0.3, 0.4) is 0 Å². The number of aromatic amines is 5. The van der Waals surface area contributed by atoms with E-state index in [1.54, 1.807) is 67.3 Å². The van der Waals surface area contributed by atoms with Crippen LogP contribution in [0.25, 0.3) is 147 Å². The Morgan fingerprint density at radius 2 is 0.764 bits per heavy atom. The zero-order valence-electron chi connectivity index (χ0n) is 55.6. The highest BCUT2D eigenvalue weighted by molar-refractivity contribution is 6.35. The molecule has 2 aliphatic heterocycles. The van der Waals surface area contributed by atoms with Gasteiger partial charge in [-0.15, -0.1) is 20.4 Å². The summed E-state index contributed by atoms with van der Waals surface area (Å²) >= 11 is 12.5. The second-order valence-corrected chi connectivity index (χ2v) is 24.1. The van der Waals surface area contributed by atoms with Gasteiger partial charge < -0.3 is 18.9 Å². The van der Waals surface area contributed by atoms with E-state index in [-0.39, 0.29) is 31.1 Å². The van der Waals surface area contributed by atoms with Crippen molar-refractivity contribution in [3.63, 3.8) is 0 Å². The second-order valence-electron chi connectivity index (χ2n) is 23.2. The minimum Gasteiger partial charge on any atom is -0.454 e. The van der Waals surface area contributed by atoms with Gasteiger partial charge in [0.05, 0.1) is 67.3 Å². The Morgan fingerprint density at radius 3 is 1.17 bits per heavy atom. The third-order valence-corrected chi connectivity index (χ3v) is 16.9. The number of benzene rings is 5. The molecule has 40 nitrogen and oxygen atoms in total. The molecule has 0 amide bonds. The van der Waals surface area contributed by atoms with Gasteiger partial charge in [-0.3, -0.25) is 53.1 Å². The molecule has 13 aromatic heterocycles. The molecule has 18 aromatic rings. The molecular weight excluding hydrogens is 1470 g/mol. The molecule has 0 unspecified atom stereocenters. The first-order chi connectivity index (χ1) is 54.0. The van der Waals surface area contributed by atoms with E-state index in [0.29, 0.717) is 113 Å². The van der Waals surface area contributed by atoms with E-state index in [0.717, 1.165) is 55.9 Å². The summed E-state index contributed by atoms with van der Waals surface area (Å²) in [6, 6.07) is 33.8. The minimum absolute atomic E-state index is 0.216. The highest BCUT2D eigenvalue weighted by Gasteiger charge is 2.26. The van der Waals surface area contributed by atoms with Gasteiger partial charge in [-0.25, -0.2) is 64.2 Å². The number of nitrogens with zero attached hydrogens (tertiary/aromatic N) is 25. The topological polar surface area (TPSA) is 521 Å². The molecule has 1 aliphatic carbocycles. The van der Waals surface area contributed by atoms with E-state index < -0.39 is 17.3 Å². The Hall–Kier alpha value is -15.6. The van der Waals surface area contributed by atoms with Crippen LogP contribution in [0.5, 0.6) is 23.0 Å². The molecular formula is C68H42Cl2N30O10. The molecule has 5 aromatic carbocycles. The number of ether oxygens (including phenoxy) is 4. The Morgan fingerprint density at radius 1 is 0.382 bits per heavy atom. The SMILES string of the molecule is Clc1cc(-c2cc(-c3nn[nH]n3)ncn2)cc2nccnc12.O=c1[nH]c(-c2cc(-c3cc(Cl)c4nccnc4c3)ncn2)no1.O=c1[nH]c(-c2cc(-c3ccc4c(c3)OCO4)ncn2)no1.O=c1[nH]c(-c2cc(-c3ccc4c(cnn4C4CC4)c3)ncn2)no1.c1nc(-c2ccc3c(c2)OCO3)cc(-c2nn[nH]n2)n1. The normalized spacial score (nSPS) is 12.3. The van der Waals surface area contributed by atoms with Crippen molar-refractivity contribution in [2.75, 3.05) is 13.6 Å². The summed E-state index contributed by atoms with van der Waals surface area (Å²) in [5.41, 5.74) is 14.0. The molecule has 0 saturated heterocycles. The fourth-order valence-electron chi connectivity index (χ4n) is 11.1. The van der Waals surface area contributed by atoms with E-state index in [9.17, 15) is 14.4 Å². The molecule has 0 atom stereocenters. The lowest BCUT2D eigenvalue weighted by atomic mass is 10.1. The molecule has 0 radical (unpaired) electrons. The number of hydrogen-bond donors (Lipinski definition) is 5. The van der Waals surface area contributed by atoms with E-state index in [1.165, 1.54) is 44.5 Å². The molecule has 5 N–H and O–H groups in total. The van der Waals surface area contributed by atoms with Gasteiger partial charge in [0.1, 0.15) is 71.1 Å². The van der Waals surface area contributed by atoms with Crippen LogP contribution in [0.2, 0.25) is 10.0 Å². The third-order valence-electron chi connectivity index (χ3n) is 16.3. The monoisotopic (exact) mass is 1510 g/mol. The smallest absolute Gasteiger partial charge is 0.439 e. The predicted molar refractivity (Wildman–Crippen MR) is 382 cm³/mol. The fraction of sp³-hybridized carbons (Fsp3) is 0.0735. The first-order valence-corrected chi connectivity index (χ1v) is 33.1. The Balaban J connectivity index is 0.000000100. The lowest BCUT2D eigenvalue weighted by molar-refractivity contribution is 0.173. The van der Waals surface area contributed by atoms with E-state index in [4.69, 9.17) is 42.1 Å². The first-order valence-electron chi connectivity index (χ1n) is 32.3. The number of H-pyrrole nitrogens is 5. The number of hydrogen-bond acceptors (Lipinski definition) is 34. The zero-order valence-corrected chi connectivity index (χ0v) is 57.1. The van der Waals surface area contributed by atoms with Gasteiger partial charge in [-0.05, 0) is 126 Å². The Bertz CT molecular complexity index is 6590. The quantitative estimate of drug-likeness (QED) is 0.0810. The predicted octanol–water partition coefficient (Wildman–Crippen LogP) is 8.44. The van der Waals surface area contributed by atoms with E-state index in [1.807, 2.05) is 60.8 Å². The van der Waals surface area contributed by atoms with Gasteiger partial charge >= 0.3 is 17.3 Å².